The maximum absolute atomic E-state index is 14.5. The van der Waals surface area contributed by atoms with Gasteiger partial charge in [0.05, 0.1) is 12.4 Å². The number of aromatic amines is 1. The van der Waals surface area contributed by atoms with Crippen molar-refractivity contribution in [3.05, 3.63) is 54.1 Å². The van der Waals surface area contributed by atoms with Crippen molar-refractivity contribution in [1.82, 2.24) is 57.8 Å². The molecule has 28 nitrogen and oxygen atoms in total. The molecule has 2 rings (SSSR count). The van der Waals surface area contributed by atoms with E-state index in [2.05, 4.69) is 62.8 Å². The molecule has 28 heteroatoms. The van der Waals surface area contributed by atoms with Crippen molar-refractivity contribution in [1.29, 1.82) is 0 Å². The Labute approximate surface area is 509 Å². The average Bonchev–Trinajstić information content (AvgIpc) is 3.54. The lowest BCUT2D eigenvalue weighted by atomic mass is 9.98. The van der Waals surface area contributed by atoms with E-state index in [-0.39, 0.29) is 81.6 Å². The fourth-order valence-electron chi connectivity index (χ4n) is 9.14. The van der Waals surface area contributed by atoms with Crippen LogP contribution < -0.4 is 65.1 Å². The molecule has 0 saturated heterocycles. The van der Waals surface area contributed by atoms with Gasteiger partial charge in [0.25, 0.3) is 0 Å². The molecular weight excluding hydrogens is 1130 g/mol. The van der Waals surface area contributed by atoms with Gasteiger partial charge in [0.2, 0.25) is 53.2 Å². The van der Waals surface area contributed by atoms with Crippen LogP contribution in [0.25, 0.3) is 0 Å². The summed E-state index contributed by atoms with van der Waals surface area (Å²) in [6, 6.07) is -2.78. The summed E-state index contributed by atoms with van der Waals surface area (Å²) in [6.45, 7) is 16.2. The number of aromatic nitrogens is 2. The van der Waals surface area contributed by atoms with Crippen LogP contribution >= 0.6 is 0 Å². The molecule has 9 atom stereocenters. The van der Waals surface area contributed by atoms with Gasteiger partial charge in [-0.15, -0.1) is 0 Å². The third kappa shape index (κ3) is 30.2. The summed E-state index contributed by atoms with van der Waals surface area (Å²) in [5.41, 5.74) is 18.7. The largest absolute Gasteiger partial charge is 0.481 e. The number of amides is 9. The number of guanidine groups is 1. The normalized spacial score (nSPS) is 14.4. The first-order valence-corrected chi connectivity index (χ1v) is 30.0. The molecule has 0 fully saturated rings. The Balaban J connectivity index is 2.46. The zero-order chi connectivity index (χ0) is 65.3. The number of hydrogen-bond acceptors (Lipinski definition) is 14. The molecule has 0 aliphatic carbocycles. The van der Waals surface area contributed by atoms with Crippen LogP contribution in [-0.2, 0) is 65.6 Å². The van der Waals surface area contributed by atoms with Crippen molar-refractivity contribution in [3.8, 4) is 0 Å². The Morgan fingerprint density at radius 3 is 1.41 bits per heavy atom. The van der Waals surface area contributed by atoms with Crippen LogP contribution in [0.5, 0.6) is 0 Å². The van der Waals surface area contributed by atoms with Crippen molar-refractivity contribution in [2.75, 3.05) is 13.1 Å². The van der Waals surface area contributed by atoms with E-state index in [9.17, 15) is 63.0 Å². The number of H-pyrrole nitrogens is 1. The number of nitrogens with one attached hydrogen (secondary N) is 10. The van der Waals surface area contributed by atoms with E-state index in [0.717, 1.165) is 18.4 Å². The van der Waals surface area contributed by atoms with E-state index in [1.807, 2.05) is 51.1 Å². The maximum Gasteiger partial charge on any atom is 0.303 e. The molecule has 9 amide bonds. The monoisotopic (exact) mass is 1220 g/mol. The molecule has 486 valence electrons. The number of nitrogens with zero attached hydrogens (tertiary/aromatic N) is 2. The van der Waals surface area contributed by atoms with Crippen LogP contribution in [0, 0.1) is 23.7 Å². The maximum atomic E-state index is 14.5. The second-order valence-electron chi connectivity index (χ2n) is 23.4. The molecule has 0 unspecified atom stereocenters. The first kappa shape index (κ1) is 74.9. The molecular formula is C59H97N15O13. The van der Waals surface area contributed by atoms with Crippen molar-refractivity contribution in [2.24, 2.45) is 45.9 Å². The zero-order valence-electron chi connectivity index (χ0n) is 51.9. The minimum absolute atomic E-state index is 0.00925. The van der Waals surface area contributed by atoms with Gasteiger partial charge in [-0.3, -0.25) is 57.7 Å². The number of carbonyl (C=O) groups excluding carboxylic acids is 9. The summed E-state index contributed by atoms with van der Waals surface area (Å²) in [7, 11) is 0. The van der Waals surface area contributed by atoms with Gasteiger partial charge in [0, 0.05) is 44.2 Å². The number of aliphatic imine (C=N–C) groups is 1. The second kappa shape index (κ2) is 39.5. The highest BCUT2D eigenvalue weighted by atomic mass is 16.4. The average molecular weight is 1220 g/mol. The lowest BCUT2D eigenvalue weighted by Gasteiger charge is -2.29. The molecule has 0 aliphatic heterocycles. The van der Waals surface area contributed by atoms with E-state index < -0.39 is 145 Å². The van der Waals surface area contributed by atoms with E-state index in [0.29, 0.717) is 18.7 Å². The van der Waals surface area contributed by atoms with Gasteiger partial charge < -0.3 is 80.2 Å². The minimum atomic E-state index is -1.63. The summed E-state index contributed by atoms with van der Waals surface area (Å²) < 4.78 is 0. The number of imidazole rings is 1. The van der Waals surface area contributed by atoms with Crippen LogP contribution in [0.4, 0.5) is 0 Å². The highest BCUT2D eigenvalue weighted by Gasteiger charge is 2.37. The lowest BCUT2D eigenvalue weighted by Crippen LogP contribution is -2.61. The fourth-order valence-corrected chi connectivity index (χ4v) is 9.14. The highest BCUT2D eigenvalue weighted by molar-refractivity contribution is 5.98. The molecule has 0 saturated carbocycles. The zero-order valence-corrected chi connectivity index (χ0v) is 51.9. The predicted molar refractivity (Wildman–Crippen MR) is 325 cm³/mol. The smallest absolute Gasteiger partial charge is 0.303 e. The Morgan fingerprint density at radius 1 is 0.529 bits per heavy atom. The summed E-state index contributed by atoms with van der Waals surface area (Å²) in [5, 5.41) is 43.1. The lowest BCUT2D eigenvalue weighted by molar-refractivity contribution is -0.139. The summed E-state index contributed by atoms with van der Waals surface area (Å²) in [6.07, 6.45) is 3.70. The SMILES string of the molecule is CCCCCNC(=O)[C@H](CCC(=O)O)NC(=O)[C@H](CC(C)C)NC(=O)[C@@H](NC(=O)[C@H](CCC(=O)O)NC(=O)[C@H](CCCN=C(N)N)NC(=O)[C@H](CC(C)C)NC(=O)[C@H](CC(C)C)NC(=O)[C@H](Cc1cnc[nH]1)NC(=O)[C@H](N)Cc1ccccc1)C(C)C. The number of unbranched alkanes of at least 4 members (excludes halogenated alkanes) is 2. The Morgan fingerprint density at radius 2 is 0.966 bits per heavy atom. The number of carboxylic acid groups (broad SMARTS) is 2. The van der Waals surface area contributed by atoms with Gasteiger partial charge in [0.15, 0.2) is 5.96 Å². The van der Waals surface area contributed by atoms with E-state index in [1.54, 1.807) is 41.5 Å². The quantitative estimate of drug-likeness (QED) is 0.0241. The van der Waals surface area contributed by atoms with Crippen LogP contribution in [0.3, 0.4) is 0 Å². The molecule has 1 aromatic heterocycles. The molecule has 2 aromatic rings. The molecule has 0 radical (unpaired) electrons. The van der Waals surface area contributed by atoms with Crippen molar-refractivity contribution in [3.63, 3.8) is 0 Å². The number of carbonyl (C=O) groups is 11. The molecule has 1 heterocycles. The number of carboxylic acids is 2. The van der Waals surface area contributed by atoms with Crippen LogP contribution in [0.1, 0.15) is 151 Å². The first-order valence-electron chi connectivity index (χ1n) is 30.0. The topological polar surface area (TPSA) is 456 Å². The van der Waals surface area contributed by atoms with Gasteiger partial charge in [-0.05, 0) is 87.0 Å². The van der Waals surface area contributed by atoms with Gasteiger partial charge in [0.1, 0.15) is 48.3 Å². The summed E-state index contributed by atoms with van der Waals surface area (Å²) >= 11 is 0. The highest BCUT2D eigenvalue weighted by Crippen LogP contribution is 2.15. The fraction of sp³-hybridized carbons (Fsp3) is 0.644. The van der Waals surface area contributed by atoms with Crippen LogP contribution in [-0.4, -0.2) is 159 Å². The Bertz CT molecular complexity index is 2560. The van der Waals surface area contributed by atoms with Gasteiger partial charge in [-0.1, -0.05) is 105 Å². The first-order chi connectivity index (χ1) is 41.0. The third-order valence-electron chi connectivity index (χ3n) is 13.7. The van der Waals surface area contributed by atoms with Gasteiger partial charge in [-0.25, -0.2) is 4.98 Å². The van der Waals surface area contributed by atoms with E-state index in [1.165, 1.54) is 12.5 Å². The van der Waals surface area contributed by atoms with Crippen molar-refractivity contribution in [2.45, 2.75) is 207 Å². The number of benzene rings is 1. The second-order valence-corrected chi connectivity index (χ2v) is 23.4. The number of hydrogen-bond donors (Lipinski definition) is 15. The molecule has 0 bridgehead atoms. The summed E-state index contributed by atoms with van der Waals surface area (Å²) in [4.78, 5) is 161. The van der Waals surface area contributed by atoms with E-state index in [4.69, 9.17) is 17.2 Å². The number of rotatable bonds is 42. The number of aliphatic carboxylic acids is 2. The molecule has 87 heavy (non-hydrogen) atoms. The summed E-state index contributed by atoms with van der Waals surface area (Å²) in [5.74, 6) is -11.2. The van der Waals surface area contributed by atoms with Crippen molar-refractivity contribution >= 4 is 71.1 Å². The Hall–Kier alpha value is -8.17. The van der Waals surface area contributed by atoms with Crippen LogP contribution in [0.15, 0.2) is 47.8 Å². The molecule has 1 aromatic carbocycles. The number of nitrogens with two attached hydrogens (primary N) is 3. The van der Waals surface area contributed by atoms with E-state index >= 15 is 0 Å². The minimum Gasteiger partial charge on any atom is -0.481 e. The standard InChI is InChI=1S/C59H97N15O13/c1-10-11-15-24-64-51(80)41(20-22-47(75)76)68-55(84)45(28-35(6)7)73-58(87)49(36(8)9)74-53(82)42(21-23-48(77)78)69-52(81)40(19-16-25-65-59(61)62)67-54(83)43(26-33(2)3)71-56(85)44(27-34(4)5)72-57(86)46(30-38-31-63-32-66-38)70-50(79)39(60)29-37-17-13-12-14-18-37/h12-14,17-18,31-36,39-46,49H,10-11,15-16,19-30,60H2,1-9H3,(H,63,66)(H,64,80)(H,67,83)(H,68,84)(H,69,81)(H,70,79)(H,71,85)(H,72,86)(H,73,87)(H,74,82)(H,75,76)(H,77,78)(H4,61,62,65)/t39-,40+,41+,42+,43+,44+,45+,46+,49+/m1/s1. The molecule has 18 N–H and O–H groups in total. The van der Waals surface area contributed by atoms with Gasteiger partial charge >= 0.3 is 11.9 Å². The van der Waals surface area contributed by atoms with Crippen molar-refractivity contribution < 1.29 is 63.0 Å². The third-order valence-corrected chi connectivity index (χ3v) is 13.7. The molecule has 0 aliphatic rings. The predicted octanol–water partition coefficient (Wildman–Crippen LogP) is 0.284. The van der Waals surface area contributed by atoms with Crippen LogP contribution in [0.2, 0.25) is 0 Å². The van der Waals surface area contributed by atoms with Gasteiger partial charge in [-0.2, -0.15) is 0 Å². The Kier molecular flexibility index (Phi) is 34.0. The molecule has 0 spiro atoms.